The van der Waals surface area contributed by atoms with Crippen LogP contribution in [-0.4, -0.2) is 13.3 Å². The van der Waals surface area contributed by atoms with Crippen LogP contribution in [0.4, 0.5) is 5.69 Å². The molecule has 0 saturated carbocycles. The fraction of sp³-hybridized carbons (Fsp3) is 0.455. The van der Waals surface area contributed by atoms with Gasteiger partial charge in [-0.1, -0.05) is 31.9 Å². The molecule has 0 bridgehead atoms. The Balaban J connectivity index is 3.23. The fourth-order valence-electron chi connectivity index (χ4n) is 1.77. The number of nitrogens with zero attached hydrogens (tertiary/aromatic N) is 1. The Morgan fingerprint density at radius 3 is 2.50 bits per heavy atom. The van der Waals surface area contributed by atoms with Crippen LogP contribution >= 0.6 is 0 Å². The summed E-state index contributed by atoms with van der Waals surface area (Å²) in [5, 5.41) is 16.0. The molecule has 0 radical (unpaired) electrons. The lowest BCUT2D eigenvalue weighted by molar-refractivity contribution is -0.388. The highest BCUT2D eigenvalue weighted by molar-refractivity contribution is 7.89. The van der Waals surface area contributed by atoms with Gasteiger partial charge in [-0.3, -0.25) is 10.1 Å². The highest BCUT2D eigenvalue weighted by Crippen LogP contribution is 2.28. The number of rotatable bonds is 6. The van der Waals surface area contributed by atoms with Gasteiger partial charge in [0.25, 0.3) is 5.69 Å². The molecule has 6 nitrogen and oxygen atoms in total. The van der Waals surface area contributed by atoms with Gasteiger partial charge >= 0.3 is 0 Å². The molecule has 7 heteroatoms. The number of unbranched alkanes of at least 4 members (excludes halogenated alkanes) is 2. The first-order chi connectivity index (χ1) is 8.38. The third-order valence-electron chi connectivity index (χ3n) is 2.62. The van der Waals surface area contributed by atoms with Gasteiger partial charge in [0.2, 0.25) is 10.0 Å². The number of nitro groups is 1. The number of nitro benzene ring substituents is 1. The first-order valence-electron chi connectivity index (χ1n) is 5.67. The van der Waals surface area contributed by atoms with Gasteiger partial charge in [-0.2, -0.15) is 0 Å². The van der Waals surface area contributed by atoms with Crippen LogP contribution in [0.15, 0.2) is 23.1 Å². The Morgan fingerprint density at radius 1 is 1.33 bits per heavy atom. The summed E-state index contributed by atoms with van der Waals surface area (Å²) >= 11 is 0. The van der Waals surface area contributed by atoms with E-state index in [0.29, 0.717) is 12.0 Å². The Labute approximate surface area is 106 Å². The number of primary sulfonamides is 1. The summed E-state index contributed by atoms with van der Waals surface area (Å²) in [6, 6.07) is 4.22. The molecule has 1 aromatic rings. The van der Waals surface area contributed by atoms with E-state index in [1.165, 1.54) is 6.07 Å². The van der Waals surface area contributed by atoms with Crippen LogP contribution in [0.2, 0.25) is 0 Å². The smallest absolute Gasteiger partial charge is 0.258 e. The summed E-state index contributed by atoms with van der Waals surface area (Å²) in [5.41, 5.74) is 0.0241. The topological polar surface area (TPSA) is 103 Å². The molecule has 0 heterocycles. The number of benzene rings is 1. The zero-order chi connectivity index (χ0) is 13.8. The Kier molecular flexibility index (Phi) is 4.80. The summed E-state index contributed by atoms with van der Waals surface area (Å²) in [7, 11) is -4.07. The lowest BCUT2D eigenvalue weighted by atomic mass is 10.1. The van der Waals surface area contributed by atoms with Crippen LogP contribution in [0, 0.1) is 10.1 Å². The van der Waals surface area contributed by atoms with Crippen molar-refractivity contribution < 1.29 is 13.3 Å². The van der Waals surface area contributed by atoms with E-state index in [-0.39, 0.29) is 0 Å². The van der Waals surface area contributed by atoms with E-state index < -0.39 is 25.5 Å². The van der Waals surface area contributed by atoms with Crippen molar-refractivity contribution in [2.45, 2.75) is 37.5 Å². The zero-order valence-corrected chi connectivity index (χ0v) is 10.9. The van der Waals surface area contributed by atoms with E-state index in [1.807, 2.05) is 6.92 Å². The Hall–Kier alpha value is -1.47. The maximum atomic E-state index is 11.3. The highest BCUT2D eigenvalue weighted by atomic mass is 32.2. The quantitative estimate of drug-likeness (QED) is 0.485. The van der Waals surface area contributed by atoms with E-state index >= 15 is 0 Å². The van der Waals surface area contributed by atoms with Crippen LogP contribution in [0.1, 0.15) is 31.7 Å². The van der Waals surface area contributed by atoms with Gasteiger partial charge in [-0.05, 0) is 18.9 Å². The summed E-state index contributed by atoms with van der Waals surface area (Å²) in [4.78, 5) is 9.91. The predicted molar refractivity (Wildman–Crippen MR) is 67.7 cm³/mol. The monoisotopic (exact) mass is 272 g/mol. The van der Waals surface area contributed by atoms with E-state index in [9.17, 15) is 18.5 Å². The van der Waals surface area contributed by atoms with Crippen LogP contribution < -0.4 is 5.14 Å². The first-order valence-corrected chi connectivity index (χ1v) is 7.21. The lowest BCUT2D eigenvalue weighted by Gasteiger charge is -2.06. The molecule has 0 aliphatic carbocycles. The van der Waals surface area contributed by atoms with Crippen molar-refractivity contribution in [2.24, 2.45) is 5.14 Å². The molecule has 0 fully saturated rings. The molecule has 0 saturated heterocycles. The molecule has 0 unspecified atom stereocenters. The second-order valence-electron chi connectivity index (χ2n) is 4.02. The number of sulfonamides is 1. The summed E-state index contributed by atoms with van der Waals surface area (Å²) < 4.78 is 22.6. The van der Waals surface area contributed by atoms with Crippen LogP contribution in [0.3, 0.4) is 0 Å². The molecule has 0 spiro atoms. The van der Waals surface area contributed by atoms with E-state index in [1.54, 1.807) is 6.07 Å². The number of hydrogen-bond donors (Lipinski definition) is 1. The van der Waals surface area contributed by atoms with Gasteiger partial charge in [0, 0.05) is 5.56 Å². The first kappa shape index (κ1) is 14.6. The zero-order valence-electron chi connectivity index (χ0n) is 10.1. The molecule has 1 rings (SSSR count). The molecule has 100 valence electrons. The molecule has 0 aliphatic rings. The second kappa shape index (κ2) is 5.92. The van der Waals surface area contributed by atoms with Gasteiger partial charge in [-0.25, -0.2) is 13.6 Å². The van der Waals surface area contributed by atoms with Gasteiger partial charge in [-0.15, -0.1) is 0 Å². The van der Waals surface area contributed by atoms with Crippen LogP contribution in [0.25, 0.3) is 0 Å². The third kappa shape index (κ3) is 3.51. The van der Waals surface area contributed by atoms with Crippen LogP contribution in [0.5, 0.6) is 0 Å². The van der Waals surface area contributed by atoms with Crippen molar-refractivity contribution in [3.05, 3.63) is 33.9 Å². The average Bonchev–Trinajstić information content (AvgIpc) is 2.27. The molecular formula is C11H16N2O4S. The number of nitrogens with two attached hydrogens (primary N) is 1. The minimum Gasteiger partial charge on any atom is -0.258 e. The van der Waals surface area contributed by atoms with Crippen molar-refractivity contribution >= 4 is 15.7 Å². The minimum atomic E-state index is -4.07. The van der Waals surface area contributed by atoms with Crippen molar-refractivity contribution in [1.29, 1.82) is 0 Å². The fourth-order valence-corrected chi connectivity index (χ4v) is 2.52. The van der Waals surface area contributed by atoms with E-state index in [4.69, 9.17) is 5.14 Å². The molecule has 0 amide bonds. The van der Waals surface area contributed by atoms with Gasteiger partial charge in [0.15, 0.2) is 4.90 Å². The third-order valence-corrected chi connectivity index (χ3v) is 3.56. The minimum absolute atomic E-state index is 0.392. The molecular weight excluding hydrogens is 256 g/mol. The van der Waals surface area contributed by atoms with Crippen molar-refractivity contribution in [1.82, 2.24) is 0 Å². The largest absolute Gasteiger partial charge is 0.292 e. The normalized spacial score (nSPS) is 11.4. The van der Waals surface area contributed by atoms with Crippen molar-refractivity contribution in [2.75, 3.05) is 0 Å². The van der Waals surface area contributed by atoms with E-state index in [2.05, 4.69) is 0 Å². The SMILES string of the molecule is CCCCCc1cccc(S(N)(=O)=O)c1[N+](=O)[O-]. The Morgan fingerprint density at radius 2 is 2.00 bits per heavy atom. The maximum absolute atomic E-state index is 11.3. The second-order valence-corrected chi connectivity index (χ2v) is 5.55. The summed E-state index contributed by atoms with van der Waals surface area (Å²) in [6.07, 6.45) is 3.19. The van der Waals surface area contributed by atoms with Gasteiger partial charge in [0.05, 0.1) is 4.92 Å². The van der Waals surface area contributed by atoms with Gasteiger partial charge < -0.3 is 0 Å². The molecule has 18 heavy (non-hydrogen) atoms. The summed E-state index contributed by atoms with van der Waals surface area (Å²) in [6.45, 7) is 2.02. The van der Waals surface area contributed by atoms with Gasteiger partial charge in [0.1, 0.15) is 0 Å². The molecule has 0 atom stereocenters. The standard InChI is InChI=1S/C11H16N2O4S/c1-2-3-4-6-9-7-5-8-10(18(12,16)17)11(9)13(14)15/h5,7-8H,2-4,6H2,1H3,(H2,12,16,17). The maximum Gasteiger partial charge on any atom is 0.292 e. The predicted octanol–water partition coefficient (Wildman–Crippen LogP) is 1.97. The number of aryl methyl sites for hydroxylation is 1. The summed E-state index contributed by atoms with van der Waals surface area (Å²) in [5.74, 6) is 0. The van der Waals surface area contributed by atoms with Crippen molar-refractivity contribution in [3.63, 3.8) is 0 Å². The lowest BCUT2D eigenvalue weighted by Crippen LogP contribution is -2.15. The number of para-hydroxylation sites is 1. The van der Waals surface area contributed by atoms with E-state index in [0.717, 1.165) is 25.3 Å². The molecule has 0 aliphatic heterocycles. The molecule has 1 aromatic carbocycles. The van der Waals surface area contributed by atoms with Crippen LogP contribution in [-0.2, 0) is 16.4 Å². The molecule has 2 N–H and O–H groups in total. The van der Waals surface area contributed by atoms with Crippen molar-refractivity contribution in [3.8, 4) is 0 Å². The highest BCUT2D eigenvalue weighted by Gasteiger charge is 2.25. The average molecular weight is 272 g/mol. The Bertz CT molecular complexity index is 540. The number of hydrogen-bond acceptors (Lipinski definition) is 4. The molecule has 0 aromatic heterocycles.